The van der Waals surface area contributed by atoms with Gasteiger partial charge in [0.05, 0.1) is 25.2 Å². The number of benzene rings is 1. The summed E-state index contributed by atoms with van der Waals surface area (Å²) in [6.07, 6.45) is 0. The van der Waals surface area contributed by atoms with E-state index in [0.29, 0.717) is 13.2 Å². The highest BCUT2D eigenvalue weighted by Crippen LogP contribution is 2.23. The predicted molar refractivity (Wildman–Crippen MR) is 62.5 cm³/mol. The first-order valence-electron chi connectivity index (χ1n) is 5.47. The van der Waals surface area contributed by atoms with Gasteiger partial charge >= 0.3 is 0 Å². The van der Waals surface area contributed by atoms with Gasteiger partial charge in [-0.15, -0.1) is 0 Å². The van der Waals surface area contributed by atoms with Gasteiger partial charge in [0.25, 0.3) is 0 Å². The fourth-order valence-corrected chi connectivity index (χ4v) is 3.16. The van der Waals surface area contributed by atoms with E-state index in [1.165, 1.54) is 23.5 Å². The standard InChI is InChI=1S/C11H14FNO4S/c1-16-11-3-2-9(8-10(11)12)18(14,15)13-4-6-17-7-5-13/h2-3,8H,4-7H2,1H3. The van der Waals surface area contributed by atoms with E-state index in [4.69, 9.17) is 9.47 Å². The largest absolute Gasteiger partial charge is 0.494 e. The number of hydrogen-bond acceptors (Lipinski definition) is 4. The van der Waals surface area contributed by atoms with Crippen LogP contribution in [0.4, 0.5) is 4.39 Å². The molecule has 0 spiro atoms. The average molecular weight is 275 g/mol. The topological polar surface area (TPSA) is 55.8 Å². The third-order valence-electron chi connectivity index (χ3n) is 2.73. The monoisotopic (exact) mass is 275 g/mol. The van der Waals surface area contributed by atoms with Crippen LogP contribution in [0, 0.1) is 5.82 Å². The van der Waals surface area contributed by atoms with E-state index in [9.17, 15) is 12.8 Å². The van der Waals surface area contributed by atoms with Crippen molar-refractivity contribution in [1.29, 1.82) is 0 Å². The van der Waals surface area contributed by atoms with Crippen LogP contribution in [-0.4, -0.2) is 46.1 Å². The van der Waals surface area contributed by atoms with E-state index < -0.39 is 15.8 Å². The lowest BCUT2D eigenvalue weighted by atomic mass is 10.3. The summed E-state index contributed by atoms with van der Waals surface area (Å²) in [7, 11) is -2.32. The summed E-state index contributed by atoms with van der Waals surface area (Å²) in [4.78, 5) is -0.0669. The zero-order chi connectivity index (χ0) is 13.2. The van der Waals surface area contributed by atoms with Gasteiger partial charge in [0.15, 0.2) is 11.6 Å². The van der Waals surface area contributed by atoms with Crippen molar-refractivity contribution in [1.82, 2.24) is 4.31 Å². The van der Waals surface area contributed by atoms with Crippen molar-refractivity contribution in [3.8, 4) is 5.75 Å². The number of sulfonamides is 1. The number of halogens is 1. The van der Waals surface area contributed by atoms with Crippen molar-refractivity contribution < 1.29 is 22.3 Å². The highest BCUT2D eigenvalue weighted by atomic mass is 32.2. The molecule has 5 nitrogen and oxygen atoms in total. The maximum absolute atomic E-state index is 13.5. The maximum Gasteiger partial charge on any atom is 0.243 e. The second-order valence-electron chi connectivity index (χ2n) is 3.81. The number of rotatable bonds is 3. The van der Waals surface area contributed by atoms with Crippen molar-refractivity contribution in [3.63, 3.8) is 0 Å². The molecule has 2 rings (SSSR count). The SMILES string of the molecule is COc1ccc(S(=O)(=O)N2CCOCC2)cc1F. The van der Waals surface area contributed by atoms with Crippen LogP contribution >= 0.6 is 0 Å². The van der Waals surface area contributed by atoms with Gasteiger partial charge in [-0.1, -0.05) is 0 Å². The van der Waals surface area contributed by atoms with E-state index in [1.54, 1.807) is 0 Å². The normalized spacial score (nSPS) is 17.7. The molecule has 1 aliphatic heterocycles. The third-order valence-corrected chi connectivity index (χ3v) is 4.63. The van der Waals surface area contributed by atoms with Crippen molar-refractivity contribution >= 4 is 10.0 Å². The van der Waals surface area contributed by atoms with Crippen molar-refractivity contribution in [2.45, 2.75) is 4.90 Å². The van der Waals surface area contributed by atoms with Gasteiger partial charge in [-0.05, 0) is 18.2 Å². The summed E-state index contributed by atoms with van der Waals surface area (Å²) in [6, 6.07) is 3.62. The minimum Gasteiger partial charge on any atom is -0.494 e. The fourth-order valence-electron chi connectivity index (χ4n) is 1.74. The number of nitrogens with zero attached hydrogens (tertiary/aromatic N) is 1. The highest BCUT2D eigenvalue weighted by molar-refractivity contribution is 7.89. The van der Waals surface area contributed by atoms with Crippen molar-refractivity contribution in [2.24, 2.45) is 0 Å². The molecular weight excluding hydrogens is 261 g/mol. The van der Waals surface area contributed by atoms with E-state index in [1.807, 2.05) is 0 Å². The maximum atomic E-state index is 13.5. The number of ether oxygens (including phenoxy) is 2. The molecular formula is C11H14FNO4S. The van der Waals surface area contributed by atoms with Gasteiger partial charge < -0.3 is 9.47 Å². The van der Waals surface area contributed by atoms with E-state index in [2.05, 4.69) is 0 Å². The molecule has 7 heteroatoms. The Hall–Kier alpha value is -1.18. The first-order chi connectivity index (χ1) is 8.55. The molecule has 1 aromatic rings. The summed E-state index contributed by atoms with van der Waals surface area (Å²) in [5, 5.41) is 0. The van der Waals surface area contributed by atoms with Crippen LogP contribution in [0.5, 0.6) is 5.75 Å². The Balaban J connectivity index is 2.32. The Morgan fingerprint density at radius 1 is 1.33 bits per heavy atom. The number of morpholine rings is 1. The Kier molecular flexibility index (Phi) is 3.84. The van der Waals surface area contributed by atoms with E-state index in [0.717, 1.165) is 6.07 Å². The molecule has 0 saturated carbocycles. The fraction of sp³-hybridized carbons (Fsp3) is 0.455. The van der Waals surface area contributed by atoms with Crippen molar-refractivity contribution in [3.05, 3.63) is 24.0 Å². The molecule has 0 bridgehead atoms. The van der Waals surface area contributed by atoms with Crippen LogP contribution in [0.1, 0.15) is 0 Å². The molecule has 0 aromatic heterocycles. The predicted octanol–water partition coefficient (Wildman–Crippen LogP) is 0.855. The Bertz CT molecular complexity index is 526. The van der Waals surface area contributed by atoms with Crippen molar-refractivity contribution in [2.75, 3.05) is 33.4 Å². The zero-order valence-electron chi connectivity index (χ0n) is 9.93. The van der Waals surface area contributed by atoms with Crippen LogP contribution in [0.25, 0.3) is 0 Å². The molecule has 0 radical (unpaired) electrons. The molecule has 1 aromatic carbocycles. The zero-order valence-corrected chi connectivity index (χ0v) is 10.7. The molecule has 0 amide bonds. The minimum absolute atomic E-state index is 0.0240. The molecule has 1 saturated heterocycles. The van der Waals surface area contributed by atoms with Crippen LogP contribution in [0.3, 0.4) is 0 Å². The third kappa shape index (κ3) is 2.47. The molecule has 0 unspecified atom stereocenters. The second kappa shape index (κ2) is 5.21. The molecule has 1 heterocycles. The Morgan fingerprint density at radius 3 is 2.56 bits per heavy atom. The number of hydrogen-bond donors (Lipinski definition) is 0. The van der Waals surface area contributed by atoms with Gasteiger partial charge in [-0.25, -0.2) is 12.8 Å². The van der Waals surface area contributed by atoms with Crippen LogP contribution in [0.15, 0.2) is 23.1 Å². The lowest BCUT2D eigenvalue weighted by molar-refractivity contribution is 0.0730. The van der Waals surface area contributed by atoms with Gasteiger partial charge in [0, 0.05) is 13.1 Å². The summed E-state index contributed by atoms with van der Waals surface area (Å²) in [6.45, 7) is 1.29. The smallest absolute Gasteiger partial charge is 0.243 e. The Labute approximate surface area is 105 Å². The molecule has 18 heavy (non-hydrogen) atoms. The molecule has 0 atom stereocenters. The molecule has 100 valence electrons. The van der Waals surface area contributed by atoms with E-state index >= 15 is 0 Å². The summed E-state index contributed by atoms with van der Waals surface area (Å²) >= 11 is 0. The van der Waals surface area contributed by atoms with Gasteiger partial charge in [-0.3, -0.25) is 0 Å². The first kappa shape index (κ1) is 13.3. The summed E-state index contributed by atoms with van der Waals surface area (Å²) in [5.74, 6) is -0.664. The lowest BCUT2D eigenvalue weighted by Gasteiger charge is -2.26. The molecule has 0 aliphatic carbocycles. The quantitative estimate of drug-likeness (QED) is 0.821. The van der Waals surface area contributed by atoms with Crippen LogP contribution in [0.2, 0.25) is 0 Å². The molecule has 0 N–H and O–H groups in total. The summed E-state index contributed by atoms with van der Waals surface area (Å²) in [5.41, 5.74) is 0. The minimum atomic E-state index is -3.65. The molecule has 1 aliphatic rings. The Morgan fingerprint density at radius 2 is 2.00 bits per heavy atom. The van der Waals surface area contributed by atoms with Gasteiger partial charge in [-0.2, -0.15) is 4.31 Å². The van der Waals surface area contributed by atoms with E-state index in [-0.39, 0.29) is 23.7 Å². The highest BCUT2D eigenvalue weighted by Gasteiger charge is 2.27. The van der Waals surface area contributed by atoms with Gasteiger partial charge in [0.2, 0.25) is 10.0 Å². The lowest BCUT2D eigenvalue weighted by Crippen LogP contribution is -2.40. The van der Waals surface area contributed by atoms with Crippen LogP contribution in [-0.2, 0) is 14.8 Å². The average Bonchev–Trinajstić information content (AvgIpc) is 2.39. The molecule has 1 fully saturated rings. The van der Waals surface area contributed by atoms with Gasteiger partial charge in [0.1, 0.15) is 0 Å². The van der Waals surface area contributed by atoms with Crippen LogP contribution < -0.4 is 4.74 Å². The number of methoxy groups -OCH3 is 1. The summed E-state index contributed by atoms with van der Waals surface area (Å²) < 4.78 is 49.1. The first-order valence-corrected chi connectivity index (χ1v) is 6.91. The second-order valence-corrected chi connectivity index (χ2v) is 5.75.